The van der Waals surface area contributed by atoms with E-state index in [1.807, 2.05) is 30.0 Å². The first kappa shape index (κ1) is 17.3. The van der Waals surface area contributed by atoms with E-state index >= 15 is 0 Å². The molecular weight excluding hydrogens is 292 g/mol. The number of fused-ring (bicyclic) bond motifs is 1. The van der Waals surface area contributed by atoms with E-state index in [-0.39, 0.29) is 12.5 Å². The quantitative estimate of drug-likeness (QED) is 0.450. The van der Waals surface area contributed by atoms with Crippen LogP contribution in [0, 0.1) is 0 Å². The van der Waals surface area contributed by atoms with Gasteiger partial charge in [0.1, 0.15) is 0 Å². The van der Waals surface area contributed by atoms with Gasteiger partial charge in [-0.2, -0.15) is 0 Å². The fraction of sp³-hybridized carbons (Fsp3) is 0.529. The summed E-state index contributed by atoms with van der Waals surface area (Å²) in [7, 11) is 1.70. The van der Waals surface area contributed by atoms with E-state index < -0.39 is 0 Å². The normalized spacial score (nSPS) is 13.8. The first-order valence-corrected chi connectivity index (χ1v) is 8.16. The van der Waals surface area contributed by atoms with Crippen LogP contribution in [0.1, 0.15) is 18.9 Å². The van der Waals surface area contributed by atoms with Crippen LogP contribution in [0.15, 0.2) is 29.3 Å². The molecular formula is C17H26N4O2. The number of carbonyl (C=O) groups is 1. The number of anilines is 1. The molecule has 0 radical (unpaired) electrons. The fourth-order valence-electron chi connectivity index (χ4n) is 2.60. The number of aliphatic imine (C=N–C) groups is 1. The third-order valence-electron chi connectivity index (χ3n) is 3.78. The van der Waals surface area contributed by atoms with E-state index in [1.54, 1.807) is 7.05 Å². The summed E-state index contributed by atoms with van der Waals surface area (Å²) in [5, 5.41) is 6.26. The monoisotopic (exact) mass is 318 g/mol. The predicted molar refractivity (Wildman–Crippen MR) is 93.0 cm³/mol. The van der Waals surface area contributed by atoms with Crippen molar-refractivity contribution >= 4 is 17.6 Å². The smallest absolute Gasteiger partial charge is 0.246 e. The molecule has 0 atom stereocenters. The minimum Gasteiger partial charge on any atom is -0.382 e. The zero-order valence-corrected chi connectivity index (χ0v) is 14.0. The Morgan fingerprint density at radius 2 is 2.17 bits per heavy atom. The summed E-state index contributed by atoms with van der Waals surface area (Å²) in [5.41, 5.74) is 2.26. The molecule has 0 saturated carbocycles. The zero-order chi connectivity index (χ0) is 16.5. The molecule has 2 rings (SSSR count). The standard InChI is InChI=1S/C17H26N4O2/c1-3-23-12-6-10-19-17(18-2)20-13-16(22)21-11-9-14-7-4-5-8-15(14)21/h4-5,7-8H,3,6,9-13H2,1-2H3,(H2,18,19,20). The average Bonchev–Trinajstić information content (AvgIpc) is 3.01. The second-order valence-electron chi connectivity index (χ2n) is 5.33. The Hall–Kier alpha value is -2.08. The van der Waals surface area contributed by atoms with Gasteiger partial charge in [0.15, 0.2) is 5.96 Å². The molecule has 0 aromatic heterocycles. The Morgan fingerprint density at radius 1 is 1.35 bits per heavy atom. The van der Waals surface area contributed by atoms with Crippen LogP contribution < -0.4 is 15.5 Å². The lowest BCUT2D eigenvalue weighted by atomic mass is 10.2. The molecule has 1 amide bonds. The van der Waals surface area contributed by atoms with Gasteiger partial charge in [-0.1, -0.05) is 18.2 Å². The number of hydrogen-bond acceptors (Lipinski definition) is 3. The molecule has 0 saturated heterocycles. The molecule has 0 bridgehead atoms. The van der Waals surface area contributed by atoms with E-state index in [4.69, 9.17) is 4.74 Å². The number of para-hydroxylation sites is 1. The molecule has 6 nitrogen and oxygen atoms in total. The van der Waals surface area contributed by atoms with Gasteiger partial charge in [0.05, 0.1) is 6.54 Å². The molecule has 23 heavy (non-hydrogen) atoms. The maximum atomic E-state index is 12.4. The van der Waals surface area contributed by atoms with Gasteiger partial charge in [-0.3, -0.25) is 9.79 Å². The predicted octanol–water partition coefficient (Wildman–Crippen LogP) is 1.17. The van der Waals surface area contributed by atoms with Gasteiger partial charge in [-0.25, -0.2) is 0 Å². The molecule has 2 N–H and O–H groups in total. The Morgan fingerprint density at radius 3 is 2.96 bits per heavy atom. The number of nitrogens with one attached hydrogen (secondary N) is 2. The van der Waals surface area contributed by atoms with Gasteiger partial charge in [0.2, 0.25) is 5.91 Å². The van der Waals surface area contributed by atoms with Gasteiger partial charge < -0.3 is 20.3 Å². The first-order chi connectivity index (χ1) is 11.3. The summed E-state index contributed by atoms with van der Waals surface area (Å²) in [5.74, 6) is 0.703. The number of carbonyl (C=O) groups excluding carboxylic acids is 1. The Bertz CT molecular complexity index is 545. The zero-order valence-electron chi connectivity index (χ0n) is 14.0. The van der Waals surface area contributed by atoms with Crippen LogP contribution in [0.5, 0.6) is 0 Å². The Balaban J connectivity index is 1.75. The average molecular weight is 318 g/mol. The maximum absolute atomic E-state index is 12.4. The molecule has 0 fully saturated rings. The minimum absolute atomic E-state index is 0.0622. The second kappa shape index (κ2) is 9.15. The van der Waals surface area contributed by atoms with Crippen molar-refractivity contribution in [2.24, 2.45) is 4.99 Å². The van der Waals surface area contributed by atoms with Crippen LogP contribution >= 0.6 is 0 Å². The number of ether oxygens (including phenoxy) is 1. The van der Waals surface area contributed by atoms with Crippen molar-refractivity contribution in [1.29, 1.82) is 0 Å². The van der Waals surface area contributed by atoms with Crippen molar-refractivity contribution in [2.45, 2.75) is 19.8 Å². The van der Waals surface area contributed by atoms with Crippen molar-refractivity contribution in [1.82, 2.24) is 10.6 Å². The summed E-state index contributed by atoms with van der Waals surface area (Å²) >= 11 is 0. The molecule has 6 heteroatoms. The first-order valence-electron chi connectivity index (χ1n) is 8.16. The van der Waals surface area contributed by atoms with Crippen molar-refractivity contribution in [3.63, 3.8) is 0 Å². The highest BCUT2D eigenvalue weighted by Gasteiger charge is 2.23. The highest BCUT2D eigenvalue weighted by molar-refractivity contribution is 5.98. The minimum atomic E-state index is 0.0622. The third-order valence-corrected chi connectivity index (χ3v) is 3.78. The molecule has 1 heterocycles. The van der Waals surface area contributed by atoms with E-state index in [0.717, 1.165) is 44.8 Å². The molecule has 1 aliphatic heterocycles. The molecule has 1 aromatic rings. The largest absolute Gasteiger partial charge is 0.382 e. The lowest BCUT2D eigenvalue weighted by Crippen LogP contribution is -2.44. The van der Waals surface area contributed by atoms with E-state index in [0.29, 0.717) is 5.96 Å². The van der Waals surface area contributed by atoms with Gasteiger partial charge >= 0.3 is 0 Å². The van der Waals surface area contributed by atoms with Crippen LogP contribution in [-0.4, -0.2) is 51.8 Å². The van der Waals surface area contributed by atoms with Crippen LogP contribution in [0.3, 0.4) is 0 Å². The maximum Gasteiger partial charge on any atom is 0.246 e. The molecule has 0 spiro atoms. The van der Waals surface area contributed by atoms with Gasteiger partial charge in [0, 0.05) is 39.0 Å². The summed E-state index contributed by atoms with van der Waals surface area (Å²) in [6.07, 6.45) is 1.83. The van der Waals surface area contributed by atoms with E-state index in [9.17, 15) is 4.79 Å². The number of benzene rings is 1. The molecule has 126 valence electrons. The summed E-state index contributed by atoms with van der Waals surface area (Å²) in [6.45, 7) is 5.19. The van der Waals surface area contributed by atoms with Gasteiger partial charge in [0.25, 0.3) is 0 Å². The number of amides is 1. The number of hydrogen-bond donors (Lipinski definition) is 2. The number of nitrogens with zero attached hydrogens (tertiary/aromatic N) is 2. The summed E-state index contributed by atoms with van der Waals surface area (Å²) in [6, 6.07) is 8.06. The Kier molecular flexibility index (Phi) is 6.87. The fourth-order valence-corrected chi connectivity index (χ4v) is 2.60. The number of guanidine groups is 1. The second-order valence-corrected chi connectivity index (χ2v) is 5.33. The van der Waals surface area contributed by atoms with Crippen LogP contribution in [0.4, 0.5) is 5.69 Å². The third kappa shape index (κ3) is 4.96. The highest BCUT2D eigenvalue weighted by atomic mass is 16.5. The van der Waals surface area contributed by atoms with Crippen LogP contribution in [-0.2, 0) is 16.0 Å². The van der Waals surface area contributed by atoms with Crippen molar-refractivity contribution in [2.75, 3.05) is 44.8 Å². The van der Waals surface area contributed by atoms with E-state index in [1.165, 1.54) is 5.56 Å². The highest BCUT2D eigenvalue weighted by Crippen LogP contribution is 2.27. The molecule has 0 aliphatic carbocycles. The van der Waals surface area contributed by atoms with E-state index in [2.05, 4.69) is 21.7 Å². The lowest BCUT2D eigenvalue weighted by Gasteiger charge is -2.18. The van der Waals surface area contributed by atoms with Crippen molar-refractivity contribution < 1.29 is 9.53 Å². The SMILES string of the molecule is CCOCCCNC(=NC)NCC(=O)N1CCc2ccccc21. The van der Waals surface area contributed by atoms with Gasteiger partial charge in [-0.05, 0) is 31.4 Å². The summed E-state index contributed by atoms with van der Waals surface area (Å²) in [4.78, 5) is 18.4. The number of rotatable bonds is 7. The molecule has 1 aromatic carbocycles. The van der Waals surface area contributed by atoms with Crippen LogP contribution in [0.2, 0.25) is 0 Å². The molecule has 1 aliphatic rings. The Labute approximate surface area is 137 Å². The summed E-state index contributed by atoms with van der Waals surface area (Å²) < 4.78 is 5.29. The van der Waals surface area contributed by atoms with Crippen molar-refractivity contribution in [3.8, 4) is 0 Å². The topological polar surface area (TPSA) is 66.0 Å². The van der Waals surface area contributed by atoms with Gasteiger partial charge in [-0.15, -0.1) is 0 Å². The van der Waals surface area contributed by atoms with Crippen molar-refractivity contribution in [3.05, 3.63) is 29.8 Å². The lowest BCUT2D eigenvalue weighted by molar-refractivity contribution is -0.117. The van der Waals surface area contributed by atoms with Crippen LogP contribution in [0.25, 0.3) is 0 Å². The molecule has 0 unspecified atom stereocenters.